The zero-order valence-corrected chi connectivity index (χ0v) is 12.1. The van der Waals surface area contributed by atoms with Crippen LogP contribution in [0.25, 0.3) is 9.65 Å². The summed E-state index contributed by atoms with van der Waals surface area (Å²) in [5, 5.41) is 14.4. The Morgan fingerprint density at radius 2 is 2.24 bits per heavy atom. The third-order valence-electron chi connectivity index (χ3n) is 3.17. The van der Waals surface area contributed by atoms with Gasteiger partial charge in [-0.25, -0.2) is 0 Å². The number of phenolic OH excluding ortho intramolecular Hbond substituents is 1. The Hall–Kier alpha value is -0.761. The fourth-order valence-corrected chi connectivity index (χ4v) is 4.33. The Balaban J connectivity index is 2.29. The number of hydrogen-bond donors (Lipinski definition) is 2. The zero-order chi connectivity index (χ0) is 12.3. The average molecular weight is 296 g/mol. The van der Waals surface area contributed by atoms with Crippen LogP contribution in [-0.4, -0.2) is 32.7 Å². The van der Waals surface area contributed by atoms with Crippen molar-refractivity contribution in [2.75, 3.05) is 7.05 Å². The van der Waals surface area contributed by atoms with Crippen LogP contribution in [0.1, 0.15) is 25.3 Å². The Morgan fingerprint density at radius 3 is 2.94 bits per heavy atom. The molecule has 1 unspecified atom stereocenters. The molecule has 1 aromatic carbocycles. The van der Waals surface area contributed by atoms with E-state index in [0.717, 1.165) is 11.8 Å². The first kappa shape index (κ1) is 12.7. The van der Waals surface area contributed by atoms with E-state index in [1.807, 2.05) is 13.1 Å². The van der Waals surface area contributed by atoms with Gasteiger partial charge in [0.2, 0.25) is 0 Å². The third-order valence-corrected chi connectivity index (χ3v) is 5.26. The predicted octanol–water partition coefficient (Wildman–Crippen LogP) is 2.53. The standard InChI is InChI=1S/C14H19NOSe/c1-3-5-11(15-2)8-10-9-17-13-7-4-6-12(16)14(10)13/h4,6-7,9,11,15-16H,3,5,8H2,1-2H3. The van der Waals surface area contributed by atoms with E-state index in [0.29, 0.717) is 26.3 Å². The summed E-state index contributed by atoms with van der Waals surface area (Å²) >= 11 is 0.397. The van der Waals surface area contributed by atoms with Gasteiger partial charge in [-0.1, -0.05) is 0 Å². The summed E-state index contributed by atoms with van der Waals surface area (Å²) in [5.41, 5.74) is 1.32. The minimum absolute atomic E-state index is 0.397. The molecule has 0 amide bonds. The van der Waals surface area contributed by atoms with Crippen molar-refractivity contribution in [1.82, 2.24) is 5.32 Å². The minimum atomic E-state index is 0.397. The van der Waals surface area contributed by atoms with Crippen molar-refractivity contribution in [3.05, 3.63) is 28.7 Å². The molecule has 0 bridgehead atoms. The van der Waals surface area contributed by atoms with Crippen molar-refractivity contribution in [1.29, 1.82) is 0 Å². The van der Waals surface area contributed by atoms with Crippen LogP contribution in [0.5, 0.6) is 5.75 Å². The summed E-state index contributed by atoms with van der Waals surface area (Å²) in [5.74, 6) is 0.444. The second-order valence-electron chi connectivity index (χ2n) is 4.39. The normalized spacial score (nSPS) is 13.1. The molecule has 1 atom stereocenters. The maximum absolute atomic E-state index is 9.97. The summed E-state index contributed by atoms with van der Waals surface area (Å²) in [6.07, 6.45) is 3.40. The molecular weight excluding hydrogens is 277 g/mol. The Bertz CT molecular complexity index is 492. The first-order valence-electron chi connectivity index (χ1n) is 6.11. The second-order valence-corrected chi connectivity index (χ2v) is 6.30. The van der Waals surface area contributed by atoms with Gasteiger partial charge in [0.15, 0.2) is 0 Å². The van der Waals surface area contributed by atoms with Crippen molar-refractivity contribution in [2.24, 2.45) is 0 Å². The fraction of sp³-hybridized carbons (Fsp3) is 0.429. The number of hydrogen-bond acceptors (Lipinski definition) is 2. The van der Waals surface area contributed by atoms with E-state index in [2.05, 4.69) is 23.2 Å². The van der Waals surface area contributed by atoms with E-state index >= 15 is 0 Å². The van der Waals surface area contributed by atoms with Gasteiger partial charge in [0, 0.05) is 0 Å². The quantitative estimate of drug-likeness (QED) is 0.831. The molecule has 0 aliphatic carbocycles. The number of fused-ring (bicyclic) bond motifs is 1. The van der Waals surface area contributed by atoms with E-state index in [9.17, 15) is 5.11 Å². The number of benzene rings is 1. The van der Waals surface area contributed by atoms with Crippen molar-refractivity contribution in [3.63, 3.8) is 0 Å². The van der Waals surface area contributed by atoms with Crippen LogP contribution >= 0.6 is 0 Å². The topological polar surface area (TPSA) is 32.3 Å². The molecule has 1 heterocycles. The summed E-state index contributed by atoms with van der Waals surface area (Å²) in [6.45, 7) is 2.21. The molecule has 0 saturated carbocycles. The molecule has 2 nitrogen and oxygen atoms in total. The van der Waals surface area contributed by atoms with Gasteiger partial charge in [0.1, 0.15) is 0 Å². The van der Waals surface area contributed by atoms with E-state index in [1.165, 1.54) is 22.7 Å². The Morgan fingerprint density at radius 1 is 1.41 bits per heavy atom. The molecule has 0 saturated heterocycles. The van der Waals surface area contributed by atoms with Crippen LogP contribution in [0.4, 0.5) is 0 Å². The predicted molar refractivity (Wildman–Crippen MR) is 74.0 cm³/mol. The monoisotopic (exact) mass is 297 g/mol. The molecule has 2 aromatic rings. The van der Waals surface area contributed by atoms with Crippen LogP contribution in [0.15, 0.2) is 23.1 Å². The molecule has 0 radical (unpaired) electrons. The van der Waals surface area contributed by atoms with Crippen LogP contribution < -0.4 is 5.32 Å². The Kier molecular flexibility index (Phi) is 4.27. The number of aromatic hydroxyl groups is 1. The number of rotatable bonds is 5. The fourth-order valence-electron chi connectivity index (χ4n) is 2.25. The van der Waals surface area contributed by atoms with Crippen LogP contribution in [0.3, 0.4) is 0 Å². The number of phenols is 1. The first-order valence-corrected chi connectivity index (χ1v) is 7.96. The van der Waals surface area contributed by atoms with Gasteiger partial charge in [-0.3, -0.25) is 0 Å². The average Bonchev–Trinajstić information content (AvgIpc) is 2.73. The van der Waals surface area contributed by atoms with Crippen molar-refractivity contribution in [3.8, 4) is 5.75 Å². The maximum atomic E-state index is 9.97. The second kappa shape index (κ2) is 5.72. The number of likely N-dealkylation sites (N-methyl/N-ethyl adjacent to an activating group) is 1. The molecule has 1 aromatic heterocycles. The van der Waals surface area contributed by atoms with Crippen LogP contribution in [0.2, 0.25) is 0 Å². The molecule has 0 fully saturated rings. The van der Waals surface area contributed by atoms with Gasteiger partial charge < -0.3 is 0 Å². The summed E-state index contributed by atoms with van der Waals surface area (Å²) in [6, 6.07) is 6.39. The SMILES string of the molecule is CCCC(Cc1c[se]c2cccc(O)c12)NC. The van der Waals surface area contributed by atoms with E-state index in [-0.39, 0.29) is 0 Å². The third kappa shape index (κ3) is 2.74. The molecule has 17 heavy (non-hydrogen) atoms. The summed E-state index contributed by atoms with van der Waals surface area (Å²) in [4.78, 5) is 2.32. The molecule has 0 aliphatic heterocycles. The van der Waals surface area contributed by atoms with Gasteiger partial charge in [-0.2, -0.15) is 0 Å². The van der Waals surface area contributed by atoms with Crippen molar-refractivity contribution < 1.29 is 5.11 Å². The van der Waals surface area contributed by atoms with Crippen LogP contribution in [0, 0.1) is 0 Å². The molecule has 2 N–H and O–H groups in total. The first-order chi connectivity index (χ1) is 8.26. The van der Waals surface area contributed by atoms with Gasteiger partial charge in [-0.15, -0.1) is 0 Å². The molecule has 2 rings (SSSR count). The van der Waals surface area contributed by atoms with Crippen molar-refractivity contribution >= 4 is 24.1 Å². The van der Waals surface area contributed by atoms with Crippen molar-refractivity contribution in [2.45, 2.75) is 32.2 Å². The summed E-state index contributed by atoms with van der Waals surface area (Å²) < 4.78 is 1.32. The van der Waals surface area contributed by atoms with Gasteiger partial charge in [-0.05, 0) is 0 Å². The van der Waals surface area contributed by atoms with E-state index in [4.69, 9.17) is 0 Å². The number of nitrogens with one attached hydrogen (secondary N) is 1. The molecule has 92 valence electrons. The van der Waals surface area contributed by atoms with E-state index in [1.54, 1.807) is 6.07 Å². The Labute approximate surface area is 108 Å². The van der Waals surface area contributed by atoms with E-state index < -0.39 is 0 Å². The summed E-state index contributed by atoms with van der Waals surface area (Å²) in [7, 11) is 2.02. The van der Waals surface area contributed by atoms with Gasteiger partial charge in [0.25, 0.3) is 0 Å². The molecule has 0 spiro atoms. The zero-order valence-electron chi connectivity index (χ0n) is 10.4. The molecule has 3 heteroatoms. The molecule has 0 aliphatic rings. The van der Waals surface area contributed by atoms with Gasteiger partial charge in [0.05, 0.1) is 0 Å². The molecular formula is C14H19NOSe. The van der Waals surface area contributed by atoms with Gasteiger partial charge >= 0.3 is 108 Å². The van der Waals surface area contributed by atoms with Crippen LogP contribution in [-0.2, 0) is 6.42 Å².